The van der Waals surface area contributed by atoms with Gasteiger partial charge in [0.05, 0.1) is 5.69 Å². The van der Waals surface area contributed by atoms with Gasteiger partial charge in [0.1, 0.15) is 29.6 Å². The molecule has 0 bridgehead atoms. The Kier molecular flexibility index (Phi) is 4.67. The van der Waals surface area contributed by atoms with Gasteiger partial charge in [-0.1, -0.05) is 6.92 Å². The summed E-state index contributed by atoms with van der Waals surface area (Å²) in [6.07, 6.45) is 2.06. The number of benzene rings is 1. The summed E-state index contributed by atoms with van der Waals surface area (Å²) in [4.78, 5) is 8.30. The molecular weight excluding hydrogens is 274 g/mol. The van der Waals surface area contributed by atoms with Crippen molar-refractivity contribution in [2.45, 2.75) is 27.2 Å². The highest BCUT2D eigenvalue weighted by Crippen LogP contribution is 2.26. The van der Waals surface area contributed by atoms with E-state index in [2.05, 4.69) is 20.6 Å². The van der Waals surface area contributed by atoms with Crippen molar-refractivity contribution in [1.29, 1.82) is 0 Å². The van der Waals surface area contributed by atoms with Crippen molar-refractivity contribution in [1.82, 2.24) is 9.97 Å². The summed E-state index contributed by atoms with van der Waals surface area (Å²) in [7, 11) is 0. The van der Waals surface area contributed by atoms with Crippen molar-refractivity contribution >= 4 is 17.3 Å². The zero-order chi connectivity index (χ0) is 15.4. The van der Waals surface area contributed by atoms with Crippen LogP contribution in [0.5, 0.6) is 0 Å². The molecular formula is C15H18F2N4. The molecule has 0 amide bonds. The molecule has 0 saturated carbocycles. The minimum Gasteiger partial charge on any atom is -0.370 e. The van der Waals surface area contributed by atoms with Crippen LogP contribution in [-0.4, -0.2) is 16.5 Å². The molecule has 0 atom stereocenters. The molecule has 0 aliphatic rings. The fourth-order valence-corrected chi connectivity index (χ4v) is 2.04. The summed E-state index contributed by atoms with van der Waals surface area (Å²) in [6.45, 7) is 6.16. The standard InChI is InChI=1S/C15H18F2N4/c1-4-10-14(18-5-2)19-8-20-15(10)21-13-7-11(16)9(3)6-12(13)17/h6-8H,4-5H2,1-3H3,(H2,18,19,20,21). The normalized spacial score (nSPS) is 10.5. The smallest absolute Gasteiger partial charge is 0.147 e. The van der Waals surface area contributed by atoms with Crippen molar-refractivity contribution in [3.63, 3.8) is 0 Å². The Morgan fingerprint density at radius 3 is 2.43 bits per heavy atom. The van der Waals surface area contributed by atoms with Crippen LogP contribution in [0.2, 0.25) is 0 Å². The molecule has 0 fully saturated rings. The number of halogens is 2. The van der Waals surface area contributed by atoms with Gasteiger partial charge in [0, 0.05) is 18.2 Å². The maximum atomic E-state index is 13.9. The Bertz CT molecular complexity index is 644. The van der Waals surface area contributed by atoms with Gasteiger partial charge in [-0.2, -0.15) is 0 Å². The topological polar surface area (TPSA) is 49.8 Å². The van der Waals surface area contributed by atoms with Crippen molar-refractivity contribution in [3.8, 4) is 0 Å². The Labute approximate surface area is 122 Å². The van der Waals surface area contributed by atoms with Crippen LogP contribution in [0.3, 0.4) is 0 Å². The average Bonchev–Trinajstić information content (AvgIpc) is 2.45. The lowest BCUT2D eigenvalue weighted by atomic mass is 10.1. The number of anilines is 3. The average molecular weight is 292 g/mol. The first-order chi connectivity index (χ1) is 10.1. The fourth-order valence-electron chi connectivity index (χ4n) is 2.04. The summed E-state index contributed by atoms with van der Waals surface area (Å²) in [5.41, 5.74) is 1.17. The highest BCUT2D eigenvalue weighted by atomic mass is 19.1. The van der Waals surface area contributed by atoms with Gasteiger partial charge in [-0.15, -0.1) is 0 Å². The highest BCUT2D eigenvalue weighted by Gasteiger charge is 2.13. The summed E-state index contributed by atoms with van der Waals surface area (Å²) in [6, 6.07) is 2.30. The van der Waals surface area contributed by atoms with E-state index in [1.807, 2.05) is 13.8 Å². The zero-order valence-corrected chi connectivity index (χ0v) is 12.3. The van der Waals surface area contributed by atoms with Crippen LogP contribution in [0.15, 0.2) is 18.5 Å². The second-order valence-electron chi connectivity index (χ2n) is 4.64. The van der Waals surface area contributed by atoms with Crippen LogP contribution in [0, 0.1) is 18.6 Å². The third kappa shape index (κ3) is 3.26. The predicted molar refractivity (Wildman–Crippen MR) is 80.0 cm³/mol. The number of hydrogen-bond acceptors (Lipinski definition) is 4. The molecule has 6 heteroatoms. The number of aromatic nitrogens is 2. The quantitative estimate of drug-likeness (QED) is 0.880. The number of aryl methyl sites for hydroxylation is 1. The molecule has 0 unspecified atom stereocenters. The minimum absolute atomic E-state index is 0.0638. The maximum absolute atomic E-state index is 13.9. The zero-order valence-electron chi connectivity index (χ0n) is 12.3. The van der Waals surface area contributed by atoms with Crippen molar-refractivity contribution in [2.24, 2.45) is 0 Å². The summed E-state index contributed by atoms with van der Waals surface area (Å²) in [5.74, 6) is 0.202. The monoisotopic (exact) mass is 292 g/mol. The molecule has 2 aromatic rings. The van der Waals surface area contributed by atoms with Gasteiger partial charge in [-0.25, -0.2) is 18.7 Å². The van der Waals surface area contributed by atoms with Crippen LogP contribution in [0.25, 0.3) is 0 Å². The van der Waals surface area contributed by atoms with E-state index in [1.54, 1.807) is 0 Å². The number of nitrogens with zero attached hydrogens (tertiary/aromatic N) is 2. The first-order valence-electron chi connectivity index (χ1n) is 6.87. The van der Waals surface area contributed by atoms with Gasteiger partial charge in [0.25, 0.3) is 0 Å². The largest absolute Gasteiger partial charge is 0.370 e. The summed E-state index contributed by atoms with van der Waals surface area (Å²) < 4.78 is 27.5. The Morgan fingerprint density at radius 1 is 1.05 bits per heavy atom. The first kappa shape index (κ1) is 15.2. The van der Waals surface area contributed by atoms with E-state index in [0.29, 0.717) is 18.1 Å². The third-order valence-corrected chi connectivity index (χ3v) is 3.14. The number of rotatable bonds is 5. The molecule has 0 radical (unpaired) electrons. The lowest BCUT2D eigenvalue weighted by Crippen LogP contribution is -2.08. The van der Waals surface area contributed by atoms with Crippen LogP contribution in [0.1, 0.15) is 25.0 Å². The van der Waals surface area contributed by atoms with Gasteiger partial charge in [-0.05, 0) is 31.9 Å². The molecule has 0 aliphatic heterocycles. The van der Waals surface area contributed by atoms with Gasteiger partial charge in [0.2, 0.25) is 0 Å². The number of nitrogens with one attached hydrogen (secondary N) is 2. The molecule has 0 spiro atoms. The van der Waals surface area contributed by atoms with Crippen molar-refractivity contribution in [3.05, 3.63) is 41.2 Å². The van der Waals surface area contributed by atoms with E-state index in [-0.39, 0.29) is 11.3 Å². The summed E-state index contributed by atoms with van der Waals surface area (Å²) in [5, 5.41) is 5.98. The lowest BCUT2D eigenvalue weighted by Gasteiger charge is -2.14. The minimum atomic E-state index is -0.514. The SMILES string of the molecule is CCNc1ncnc(Nc2cc(F)c(C)cc2F)c1CC. The van der Waals surface area contributed by atoms with E-state index >= 15 is 0 Å². The van der Waals surface area contributed by atoms with Crippen LogP contribution < -0.4 is 10.6 Å². The molecule has 21 heavy (non-hydrogen) atoms. The lowest BCUT2D eigenvalue weighted by molar-refractivity contribution is 0.595. The Morgan fingerprint density at radius 2 is 1.76 bits per heavy atom. The predicted octanol–water partition coefficient (Wildman–Crippen LogP) is 3.80. The maximum Gasteiger partial charge on any atom is 0.147 e. The molecule has 2 rings (SSSR count). The molecule has 0 aliphatic carbocycles. The van der Waals surface area contributed by atoms with Gasteiger partial charge in [-0.3, -0.25) is 0 Å². The fraction of sp³-hybridized carbons (Fsp3) is 0.333. The van der Waals surface area contributed by atoms with E-state index in [0.717, 1.165) is 24.2 Å². The van der Waals surface area contributed by atoms with Gasteiger partial charge < -0.3 is 10.6 Å². The molecule has 0 saturated heterocycles. The van der Waals surface area contributed by atoms with Gasteiger partial charge >= 0.3 is 0 Å². The van der Waals surface area contributed by atoms with E-state index in [4.69, 9.17) is 0 Å². The molecule has 1 aromatic heterocycles. The second-order valence-corrected chi connectivity index (χ2v) is 4.64. The van der Waals surface area contributed by atoms with E-state index in [9.17, 15) is 8.78 Å². The number of hydrogen-bond donors (Lipinski definition) is 2. The van der Waals surface area contributed by atoms with E-state index in [1.165, 1.54) is 13.3 Å². The van der Waals surface area contributed by atoms with Crippen LogP contribution in [-0.2, 0) is 6.42 Å². The first-order valence-corrected chi connectivity index (χ1v) is 6.87. The van der Waals surface area contributed by atoms with Gasteiger partial charge in [0.15, 0.2) is 0 Å². The molecule has 2 N–H and O–H groups in total. The molecule has 1 aromatic carbocycles. The van der Waals surface area contributed by atoms with Crippen molar-refractivity contribution in [2.75, 3.05) is 17.2 Å². The van der Waals surface area contributed by atoms with E-state index < -0.39 is 11.6 Å². The Hall–Kier alpha value is -2.24. The van der Waals surface area contributed by atoms with Crippen LogP contribution in [0.4, 0.5) is 26.1 Å². The Balaban J connectivity index is 2.40. The molecule has 4 nitrogen and oxygen atoms in total. The third-order valence-electron chi connectivity index (χ3n) is 3.14. The van der Waals surface area contributed by atoms with Crippen molar-refractivity contribution < 1.29 is 8.78 Å². The molecule has 1 heterocycles. The van der Waals surface area contributed by atoms with Crippen LogP contribution >= 0.6 is 0 Å². The highest BCUT2D eigenvalue weighted by molar-refractivity contribution is 5.65. The summed E-state index contributed by atoms with van der Waals surface area (Å²) >= 11 is 0. The molecule has 112 valence electrons. The second kappa shape index (κ2) is 6.47.